The second kappa shape index (κ2) is 3.31. The summed E-state index contributed by atoms with van der Waals surface area (Å²) in [6.07, 6.45) is 6.61. The smallest absolute Gasteiger partial charge is 0.115 e. The van der Waals surface area contributed by atoms with E-state index in [2.05, 4.69) is 23.8 Å². The first-order valence-electron chi connectivity index (χ1n) is 5.10. The summed E-state index contributed by atoms with van der Waals surface area (Å²) in [6, 6.07) is 0. The van der Waals surface area contributed by atoms with Crippen molar-refractivity contribution >= 4 is 0 Å². The minimum Gasteiger partial charge on any atom is -0.385 e. The predicted molar refractivity (Wildman–Crippen MR) is 53.5 cm³/mol. The molecule has 3 heteroatoms. The Hall–Kier alpha value is -0.960. The first-order chi connectivity index (χ1) is 6.62. The van der Waals surface area contributed by atoms with Crippen LogP contribution in [-0.4, -0.2) is 15.1 Å². The third kappa shape index (κ3) is 1.52. The second-order valence-electron chi connectivity index (χ2n) is 4.57. The minimum atomic E-state index is -0.657. The standard InChI is InChI=1S/C11H16N2O/c1-8(2)9-3-11(14,4-9)10-5-12-7-13-6-10/h5-9,14H,3-4H2,1-2H3. The summed E-state index contributed by atoms with van der Waals surface area (Å²) >= 11 is 0. The molecule has 0 unspecified atom stereocenters. The number of nitrogens with zero attached hydrogens (tertiary/aromatic N) is 2. The van der Waals surface area contributed by atoms with Crippen molar-refractivity contribution in [2.45, 2.75) is 32.3 Å². The van der Waals surface area contributed by atoms with Crippen LogP contribution >= 0.6 is 0 Å². The summed E-state index contributed by atoms with van der Waals surface area (Å²) < 4.78 is 0. The highest BCUT2D eigenvalue weighted by atomic mass is 16.3. The Kier molecular flexibility index (Phi) is 2.27. The van der Waals surface area contributed by atoms with Gasteiger partial charge in [-0.3, -0.25) is 0 Å². The zero-order valence-corrected chi connectivity index (χ0v) is 8.64. The van der Waals surface area contributed by atoms with Crippen molar-refractivity contribution in [3.8, 4) is 0 Å². The lowest BCUT2D eigenvalue weighted by atomic mass is 9.64. The molecule has 2 rings (SSSR count). The summed E-state index contributed by atoms with van der Waals surface area (Å²) in [4.78, 5) is 7.86. The summed E-state index contributed by atoms with van der Waals surface area (Å²) in [5.74, 6) is 1.29. The number of hydrogen-bond donors (Lipinski definition) is 1. The van der Waals surface area contributed by atoms with E-state index in [4.69, 9.17) is 0 Å². The summed E-state index contributed by atoms with van der Waals surface area (Å²) in [5, 5.41) is 10.2. The van der Waals surface area contributed by atoms with E-state index in [9.17, 15) is 5.11 Å². The maximum absolute atomic E-state index is 10.2. The highest BCUT2D eigenvalue weighted by Gasteiger charge is 2.45. The second-order valence-corrected chi connectivity index (χ2v) is 4.57. The normalized spacial score (nSPS) is 31.6. The molecule has 0 bridgehead atoms. The molecule has 0 atom stereocenters. The Morgan fingerprint density at radius 2 is 1.93 bits per heavy atom. The largest absolute Gasteiger partial charge is 0.385 e. The van der Waals surface area contributed by atoms with E-state index in [0.717, 1.165) is 18.4 Å². The molecule has 1 aliphatic carbocycles. The molecule has 0 saturated heterocycles. The number of aromatic nitrogens is 2. The topological polar surface area (TPSA) is 46.0 Å². The molecule has 1 aromatic heterocycles. The van der Waals surface area contributed by atoms with Crippen molar-refractivity contribution < 1.29 is 5.11 Å². The van der Waals surface area contributed by atoms with E-state index in [1.165, 1.54) is 6.33 Å². The molecule has 1 heterocycles. The molecular formula is C11H16N2O. The highest BCUT2D eigenvalue weighted by molar-refractivity contribution is 5.18. The Labute approximate surface area is 84.2 Å². The molecule has 1 saturated carbocycles. The molecule has 1 N–H and O–H groups in total. The third-order valence-corrected chi connectivity index (χ3v) is 3.24. The van der Waals surface area contributed by atoms with Gasteiger partial charge in [0.05, 0.1) is 5.60 Å². The Morgan fingerprint density at radius 3 is 2.43 bits per heavy atom. The Balaban J connectivity index is 2.08. The van der Waals surface area contributed by atoms with Gasteiger partial charge in [-0.25, -0.2) is 9.97 Å². The van der Waals surface area contributed by atoms with Gasteiger partial charge >= 0.3 is 0 Å². The quantitative estimate of drug-likeness (QED) is 0.776. The van der Waals surface area contributed by atoms with Gasteiger partial charge in [0.25, 0.3) is 0 Å². The van der Waals surface area contributed by atoms with Crippen molar-refractivity contribution in [1.29, 1.82) is 0 Å². The molecule has 0 aromatic carbocycles. The van der Waals surface area contributed by atoms with Crippen LogP contribution in [0.5, 0.6) is 0 Å². The van der Waals surface area contributed by atoms with E-state index in [0.29, 0.717) is 11.8 Å². The van der Waals surface area contributed by atoms with Crippen LogP contribution in [0.4, 0.5) is 0 Å². The lowest BCUT2D eigenvalue weighted by molar-refractivity contribution is -0.0938. The van der Waals surface area contributed by atoms with Gasteiger partial charge in [0.15, 0.2) is 0 Å². The molecule has 0 amide bonds. The zero-order valence-electron chi connectivity index (χ0n) is 8.64. The maximum Gasteiger partial charge on any atom is 0.115 e. The first-order valence-corrected chi connectivity index (χ1v) is 5.10. The van der Waals surface area contributed by atoms with E-state index in [-0.39, 0.29) is 0 Å². The maximum atomic E-state index is 10.2. The minimum absolute atomic E-state index is 0.639. The average molecular weight is 192 g/mol. The fourth-order valence-electron chi connectivity index (χ4n) is 2.05. The lowest BCUT2D eigenvalue weighted by Crippen LogP contribution is -2.43. The number of aliphatic hydroxyl groups is 1. The van der Waals surface area contributed by atoms with Crippen molar-refractivity contribution in [3.63, 3.8) is 0 Å². The first kappa shape index (κ1) is 9.59. The fraction of sp³-hybridized carbons (Fsp3) is 0.636. The van der Waals surface area contributed by atoms with Crippen LogP contribution in [0.15, 0.2) is 18.7 Å². The molecule has 0 radical (unpaired) electrons. The van der Waals surface area contributed by atoms with Crippen LogP contribution in [0.2, 0.25) is 0 Å². The molecule has 3 nitrogen and oxygen atoms in total. The molecule has 1 aromatic rings. The number of hydrogen-bond acceptors (Lipinski definition) is 3. The van der Waals surface area contributed by atoms with Gasteiger partial charge in [0.2, 0.25) is 0 Å². The van der Waals surface area contributed by atoms with Gasteiger partial charge in [-0.2, -0.15) is 0 Å². The van der Waals surface area contributed by atoms with Crippen LogP contribution in [0.3, 0.4) is 0 Å². The van der Waals surface area contributed by atoms with E-state index in [1.807, 2.05) is 0 Å². The molecule has 76 valence electrons. The Bertz CT molecular complexity index is 304. The SMILES string of the molecule is CC(C)C1CC(O)(c2cncnc2)C1. The van der Waals surface area contributed by atoms with Crippen molar-refractivity contribution in [2.24, 2.45) is 11.8 Å². The predicted octanol–water partition coefficient (Wildman–Crippen LogP) is 1.73. The van der Waals surface area contributed by atoms with Crippen molar-refractivity contribution in [1.82, 2.24) is 9.97 Å². The highest BCUT2D eigenvalue weighted by Crippen LogP contribution is 2.48. The van der Waals surface area contributed by atoms with Gasteiger partial charge in [-0.15, -0.1) is 0 Å². The molecule has 0 aliphatic heterocycles. The fourth-order valence-corrected chi connectivity index (χ4v) is 2.05. The van der Waals surface area contributed by atoms with Crippen LogP contribution in [0.1, 0.15) is 32.3 Å². The van der Waals surface area contributed by atoms with E-state index in [1.54, 1.807) is 12.4 Å². The van der Waals surface area contributed by atoms with Crippen LogP contribution < -0.4 is 0 Å². The zero-order chi connectivity index (χ0) is 10.2. The molecule has 1 aliphatic rings. The average Bonchev–Trinajstić information content (AvgIpc) is 2.14. The van der Waals surface area contributed by atoms with Crippen molar-refractivity contribution in [2.75, 3.05) is 0 Å². The van der Waals surface area contributed by atoms with Gasteiger partial charge < -0.3 is 5.11 Å². The van der Waals surface area contributed by atoms with Gasteiger partial charge in [0.1, 0.15) is 6.33 Å². The molecular weight excluding hydrogens is 176 g/mol. The van der Waals surface area contributed by atoms with Crippen LogP contribution in [-0.2, 0) is 5.60 Å². The summed E-state index contributed by atoms with van der Waals surface area (Å²) in [7, 11) is 0. The summed E-state index contributed by atoms with van der Waals surface area (Å²) in [6.45, 7) is 4.40. The molecule has 14 heavy (non-hydrogen) atoms. The monoisotopic (exact) mass is 192 g/mol. The number of rotatable bonds is 2. The molecule has 1 fully saturated rings. The molecule has 0 spiro atoms. The Morgan fingerprint density at radius 1 is 1.36 bits per heavy atom. The van der Waals surface area contributed by atoms with Crippen LogP contribution in [0, 0.1) is 11.8 Å². The van der Waals surface area contributed by atoms with Gasteiger partial charge in [0, 0.05) is 18.0 Å². The van der Waals surface area contributed by atoms with Gasteiger partial charge in [-0.05, 0) is 24.7 Å². The lowest BCUT2D eigenvalue weighted by Gasteiger charge is -2.45. The van der Waals surface area contributed by atoms with E-state index >= 15 is 0 Å². The van der Waals surface area contributed by atoms with E-state index < -0.39 is 5.60 Å². The van der Waals surface area contributed by atoms with Crippen LogP contribution in [0.25, 0.3) is 0 Å². The summed E-state index contributed by atoms with van der Waals surface area (Å²) in [5.41, 5.74) is 0.202. The third-order valence-electron chi connectivity index (χ3n) is 3.24. The van der Waals surface area contributed by atoms with Crippen molar-refractivity contribution in [3.05, 3.63) is 24.3 Å². The van der Waals surface area contributed by atoms with Gasteiger partial charge in [-0.1, -0.05) is 13.8 Å².